The Morgan fingerprint density at radius 2 is 1.73 bits per heavy atom. The Morgan fingerprint density at radius 1 is 1.08 bits per heavy atom. The fourth-order valence-corrected chi connectivity index (χ4v) is 2.96. The molecule has 0 radical (unpaired) electrons. The number of amides is 2. The third-order valence-electron chi connectivity index (χ3n) is 4.58. The van der Waals surface area contributed by atoms with Crippen LogP contribution >= 0.6 is 0 Å². The molecule has 1 rings (SSSR count). The number of carbonyl (C=O) groups excluding carboxylic acids is 3. The first kappa shape index (κ1) is 30.8. The molecule has 0 spiro atoms. The van der Waals surface area contributed by atoms with Crippen LogP contribution in [0.25, 0.3) is 0 Å². The summed E-state index contributed by atoms with van der Waals surface area (Å²) in [6.07, 6.45) is -0.649. The third kappa shape index (κ3) is 11.3. The van der Waals surface area contributed by atoms with E-state index in [2.05, 4.69) is 10.6 Å². The molecular weight excluding hydrogens is 492 g/mol. The molecule has 2 N–H and O–H groups in total. The summed E-state index contributed by atoms with van der Waals surface area (Å²) in [7, 11) is 2.72. The predicted molar refractivity (Wildman–Crippen MR) is 128 cm³/mol. The van der Waals surface area contributed by atoms with Crippen LogP contribution in [0.2, 0.25) is 0 Å². The highest BCUT2D eigenvalue weighted by Gasteiger charge is 2.25. The highest BCUT2D eigenvalue weighted by atomic mass is 16.6. The van der Waals surface area contributed by atoms with E-state index < -0.39 is 41.3 Å². The van der Waals surface area contributed by atoms with Crippen LogP contribution in [0.1, 0.15) is 45.6 Å². The predicted octanol–water partition coefficient (Wildman–Crippen LogP) is 2.97. The van der Waals surface area contributed by atoms with Crippen LogP contribution in [0.4, 0.5) is 15.3 Å². The van der Waals surface area contributed by atoms with E-state index in [1.165, 1.54) is 26.4 Å². The lowest BCUT2D eigenvalue weighted by Gasteiger charge is -2.22. The number of nitro benzene ring substituents is 1. The van der Waals surface area contributed by atoms with Crippen molar-refractivity contribution in [1.82, 2.24) is 10.6 Å². The smallest absolute Gasteiger partial charge is 0.408 e. The normalized spacial score (nSPS) is 11.4. The van der Waals surface area contributed by atoms with E-state index in [-0.39, 0.29) is 42.3 Å². The van der Waals surface area contributed by atoms with Crippen molar-refractivity contribution in [3.8, 4) is 17.6 Å². The summed E-state index contributed by atoms with van der Waals surface area (Å²) in [5, 5.41) is 24.9. The molecule has 0 fully saturated rings. The van der Waals surface area contributed by atoms with Crippen molar-refractivity contribution >= 4 is 23.8 Å². The highest BCUT2D eigenvalue weighted by molar-refractivity contribution is 5.81. The van der Waals surface area contributed by atoms with E-state index in [0.717, 1.165) is 0 Å². The van der Waals surface area contributed by atoms with Gasteiger partial charge < -0.3 is 34.3 Å². The van der Waals surface area contributed by atoms with Crippen LogP contribution in [0.3, 0.4) is 0 Å². The molecule has 0 aliphatic carbocycles. The SMILES string of the molecule is COc1cc(COC(=O)NCCCCC(NC(=O)OC(C)(C)C)C(=O)OCC#N)c([N+](=O)[O-])cc1OC. The first-order chi connectivity index (χ1) is 17.4. The van der Waals surface area contributed by atoms with Gasteiger partial charge in [-0.1, -0.05) is 0 Å². The highest BCUT2D eigenvalue weighted by Crippen LogP contribution is 2.34. The number of methoxy groups -OCH3 is 2. The average molecular weight is 525 g/mol. The second kappa shape index (κ2) is 15.0. The van der Waals surface area contributed by atoms with Gasteiger partial charge in [0.1, 0.15) is 24.3 Å². The zero-order chi connectivity index (χ0) is 28.0. The molecule has 14 heteroatoms. The lowest BCUT2D eigenvalue weighted by Crippen LogP contribution is -2.44. The summed E-state index contributed by atoms with van der Waals surface area (Å²) in [5.74, 6) is -0.371. The number of nitrogens with zero attached hydrogens (tertiary/aromatic N) is 2. The fraction of sp³-hybridized carbons (Fsp3) is 0.565. The first-order valence-corrected chi connectivity index (χ1v) is 11.2. The Morgan fingerprint density at radius 3 is 2.30 bits per heavy atom. The topological polar surface area (TPSA) is 188 Å². The van der Waals surface area contributed by atoms with Gasteiger partial charge in [-0.15, -0.1) is 0 Å². The number of hydrogen-bond acceptors (Lipinski definition) is 11. The Kier molecular flexibility index (Phi) is 12.4. The van der Waals surface area contributed by atoms with Crippen molar-refractivity contribution in [2.45, 2.75) is 58.3 Å². The molecule has 1 aromatic carbocycles. The van der Waals surface area contributed by atoms with Crippen LogP contribution in [0.15, 0.2) is 12.1 Å². The van der Waals surface area contributed by atoms with Gasteiger partial charge >= 0.3 is 18.2 Å². The van der Waals surface area contributed by atoms with E-state index >= 15 is 0 Å². The van der Waals surface area contributed by atoms with Crippen molar-refractivity contribution in [3.63, 3.8) is 0 Å². The molecule has 204 valence electrons. The number of nitro groups is 1. The summed E-state index contributed by atoms with van der Waals surface area (Å²) in [4.78, 5) is 46.9. The van der Waals surface area contributed by atoms with Gasteiger partial charge in [-0.3, -0.25) is 10.1 Å². The number of carbonyl (C=O) groups is 3. The lowest BCUT2D eigenvalue weighted by atomic mass is 10.1. The second-order valence-electron chi connectivity index (χ2n) is 8.56. The van der Waals surface area contributed by atoms with E-state index in [1.807, 2.05) is 0 Å². The number of rotatable bonds is 13. The maximum absolute atomic E-state index is 12.2. The van der Waals surface area contributed by atoms with Gasteiger partial charge in [-0.25, -0.2) is 14.4 Å². The maximum Gasteiger partial charge on any atom is 0.408 e. The molecule has 0 saturated heterocycles. The van der Waals surface area contributed by atoms with Crippen molar-refractivity contribution in [1.29, 1.82) is 5.26 Å². The zero-order valence-electron chi connectivity index (χ0n) is 21.5. The maximum atomic E-state index is 12.2. The minimum atomic E-state index is -1.04. The summed E-state index contributed by atoms with van der Waals surface area (Å²) >= 11 is 0. The van der Waals surface area contributed by atoms with Crippen molar-refractivity contribution in [2.24, 2.45) is 0 Å². The summed E-state index contributed by atoms with van der Waals surface area (Å²) in [5.41, 5.74) is -0.950. The van der Waals surface area contributed by atoms with E-state index in [1.54, 1.807) is 26.8 Å². The quantitative estimate of drug-likeness (QED) is 0.127. The van der Waals surface area contributed by atoms with Crippen LogP contribution in [-0.2, 0) is 25.6 Å². The van der Waals surface area contributed by atoms with Crippen molar-refractivity contribution in [3.05, 3.63) is 27.8 Å². The largest absolute Gasteiger partial charge is 0.493 e. The number of nitriles is 1. The molecule has 0 saturated carbocycles. The monoisotopic (exact) mass is 524 g/mol. The number of ether oxygens (including phenoxy) is 5. The second-order valence-corrected chi connectivity index (χ2v) is 8.56. The van der Waals surface area contributed by atoms with Crippen molar-refractivity contribution < 1.29 is 43.0 Å². The number of alkyl carbamates (subject to hydrolysis) is 2. The molecule has 14 nitrogen and oxygen atoms in total. The van der Waals surface area contributed by atoms with Gasteiger partial charge in [-0.2, -0.15) is 5.26 Å². The molecule has 37 heavy (non-hydrogen) atoms. The van der Waals surface area contributed by atoms with Crippen LogP contribution in [0, 0.1) is 21.4 Å². The van der Waals surface area contributed by atoms with Gasteiger partial charge in [-0.05, 0) is 46.1 Å². The van der Waals surface area contributed by atoms with E-state index in [9.17, 15) is 24.5 Å². The first-order valence-electron chi connectivity index (χ1n) is 11.2. The molecule has 0 aliphatic heterocycles. The van der Waals surface area contributed by atoms with Gasteiger partial charge in [0.15, 0.2) is 18.1 Å². The summed E-state index contributed by atoms with van der Waals surface area (Å²) < 4.78 is 25.2. The average Bonchev–Trinajstić information content (AvgIpc) is 2.83. The summed E-state index contributed by atoms with van der Waals surface area (Å²) in [6, 6.07) is 3.17. The molecule has 2 amide bonds. The molecule has 1 unspecified atom stereocenters. The minimum absolute atomic E-state index is 0.116. The van der Waals surface area contributed by atoms with Crippen molar-refractivity contribution in [2.75, 3.05) is 27.4 Å². The van der Waals surface area contributed by atoms with E-state index in [0.29, 0.717) is 12.8 Å². The fourth-order valence-electron chi connectivity index (χ4n) is 2.96. The van der Waals surface area contributed by atoms with Gasteiger partial charge in [0.25, 0.3) is 5.69 Å². The minimum Gasteiger partial charge on any atom is -0.493 e. The van der Waals surface area contributed by atoms with E-state index in [4.69, 9.17) is 28.9 Å². The zero-order valence-corrected chi connectivity index (χ0v) is 21.5. The molecule has 0 bridgehead atoms. The molecule has 0 heterocycles. The molecular formula is C23H32N4O10. The Bertz CT molecular complexity index is 1000. The number of nitrogens with one attached hydrogen (secondary N) is 2. The van der Waals surface area contributed by atoms with Crippen LogP contribution < -0.4 is 20.1 Å². The Hall–Kier alpha value is -4.28. The van der Waals surface area contributed by atoms with Crippen LogP contribution in [-0.4, -0.2) is 62.1 Å². The van der Waals surface area contributed by atoms with Gasteiger partial charge in [0, 0.05) is 6.54 Å². The lowest BCUT2D eigenvalue weighted by molar-refractivity contribution is -0.385. The summed E-state index contributed by atoms with van der Waals surface area (Å²) in [6.45, 7) is 4.34. The third-order valence-corrected chi connectivity index (χ3v) is 4.58. The van der Waals surface area contributed by atoms with Gasteiger partial charge in [0.2, 0.25) is 0 Å². The molecule has 1 aromatic rings. The molecule has 0 aromatic heterocycles. The van der Waals surface area contributed by atoms with Crippen LogP contribution in [0.5, 0.6) is 11.5 Å². The standard InChI is InChI=1S/C23H32N4O10/c1-23(2,3)37-22(30)26-16(20(28)35-11-9-24)8-6-7-10-25-21(29)36-14-15-12-18(33-4)19(34-5)13-17(15)27(31)32/h12-13,16H,6-8,10-11,14H2,1-5H3,(H,25,29)(H,26,30). The molecule has 0 aliphatic rings. The number of unbranched alkanes of at least 4 members (excludes halogenated alkanes) is 1. The number of benzene rings is 1. The Balaban J connectivity index is 2.57. The number of esters is 1. The Labute approximate surface area is 214 Å². The van der Waals surface area contributed by atoms with Gasteiger partial charge in [0.05, 0.1) is 30.8 Å². The molecule has 1 atom stereocenters. The number of hydrogen-bond donors (Lipinski definition) is 2.